The number of nitrogens with zero attached hydrogens (tertiary/aromatic N) is 3. The number of carbonyl (C=O) groups excluding carboxylic acids is 2. The molecule has 43 heavy (non-hydrogen) atoms. The molecule has 0 aliphatic rings. The summed E-state index contributed by atoms with van der Waals surface area (Å²) in [5.74, 6) is -1.07. The minimum Gasteiger partial charge on any atom is -0.357 e. The van der Waals surface area contributed by atoms with E-state index >= 15 is 0 Å². The van der Waals surface area contributed by atoms with Gasteiger partial charge in [-0.1, -0.05) is 78.9 Å². The van der Waals surface area contributed by atoms with E-state index < -0.39 is 39.3 Å². The Bertz CT molecular complexity index is 1700. The number of likely N-dealkylation sites (N-methyl/N-ethyl adjacent to an activating group) is 1. The van der Waals surface area contributed by atoms with Gasteiger partial charge in [-0.3, -0.25) is 24.0 Å². The molecule has 4 aromatic carbocycles. The molecule has 1 atom stereocenters. The Morgan fingerprint density at radius 2 is 1.51 bits per heavy atom. The summed E-state index contributed by atoms with van der Waals surface area (Å²) in [6.07, 6.45) is 0.181. The molecule has 0 aliphatic heterocycles. The minimum atomic E-state index is -4.35. The highest BCUT2D eigenvalue weighted by Gasteiger charge is 2.34. The van der Waals surface area contributed by atoms with E-state index in [9.17, 15) is 28.1 Å². The van der Waals surface area contributed by atoms with Crippen molar-refractivity contribution in [3.8, 4) is 0 Å². The van der Waals surface area contributed by atoms with Crippen molar-refractivity contribution < 1.29 is 22.9 Å². The fourth-order valence-corrected chi connectivity index (χ4v) is 6.13. The number of carbonyl (C=O) groups is 2. The highest BCUT2D eigenvalue weighted by molar-refractivity contribution is 7.92. The van der Waals surface area contributed by atoms with Crippen LogP contribution in [0.4, 0.5) is 11.4 Å². The first-order valence-electron chi connectivity index (χ1n) is 13.5. The summed E-state index contributed by atoms with van der Waals surface area (Å²) >= 11 is 0. The number of nitrogens with one attached hydrogen (secondary N) is 1. The molecule has 10 nitrogen and oxygen atoms in total. The maximum atomic E-state index is 14.3. The molecule has 11 heteroatoms. The summed E-state index contributed by atoms with van der Waals surface area (Å²) < 4.78 is 28.7. The van der Waals surface area contributed by atoms with Crippen LogP contribution in [0.3, 0.4) is 0 Å². The number of nitro groups is 1. The van der Waals surface area contributed by atoms with Crippen LogP contribution in [-0.4, -0.2) is 49.7 Å². The lowest BCUT2D eigenvalue weighted by Gasteiger charge is -2.34. The Balaban J connectivity index is 1.82. The molecular formula is C32H32N4O6S. The van der Waals surface area contributed by atoms with Gasteiger partial charge in [-0.25, -0.2) is 8.42 Å². The van der Waals surface area contributed by atoms with Gasteiger partial charge in [0.05, 0.1) is 15.5 Å². The summed E-state index contributed by atoms with van der Waals surface area (Å²) in [5.41, 5.74) is 2.10. The van der Waals surface area contributed by atoms with Crippen molar-refractivity contribution in [2.24, 2.45) is 0 Å². The zero-order valence-corrected chi connectivity index (χ0v) is 24.6. The number of aryl methyl sites for hydroxylation is 1. The number of amides is 2. The van der Waals surface area contributed by atoms with Crippen LogP contribution in [0, 0.1) is 17.0 Å². The number of anilines is 1. The number of rotatable bonds is 12. The highest BCUT2D eigenvalue weighted by atomic mass is 32.2. The number of benzene rings is 4. The lowest BCUT2D eigenvalue weighted by Crippen LogP contribution is -2.53. The number of sulfonamides is 1. The fourth-order valence-electron chi connectivity index (χ4n) is 4.70. The van der Waals surface area contributed by atoms with Crippen LogP contribution in [0.5, 0.6) is 0 Å². The van der Waals surface area contributed by atoms with Crippen LogP contribution >= 0.6 is 0 Å². The van der Waals surface area contributed by atoms with Crippen LogP contribution in [-0.2, 0) is 32.6 Å². The number of hydrogen-bond donors (Lipinski definition) is 1. The van der Waals surface area contributed by atoms with Crippen LogP contribution in [0.1, 0.15) is 16.7 Å². The SMILES string of the molecule is CNC(=O)C(Cc1ccccc1)N(Cc1ccccc1C)C(=O)CN(c1cccc([N+](=O)[O-])c1)S(=O)(=O)c1ccccc1. The number of non-ortho nitro benzene ring substituents is 1. The summed E-state index contributed by atoms with van der Waals surface area (Å²) in [6.45, 7) is 1.22. The third-order valence-electron chi connectivity index (χ3n) is 7.06. The van der Waals surface area contributed by atoms with Crippen LogP contribution in [0.2, 0.25) is 0 Å². The first-order chi connectivity index (χ1) is 20.6. The van der Waals surface area contributed by atoms with Crippen molar-refractivity contribution in [2.75, 3.05) is 17.9 Å². The molecule has 0 aromatic heterocycles. The predicted molar refractivity (Wildman–Crippen MR) is 164 cm³/mol. The standard InChI is InChI=1S/C32H32N4O6S/c1-24-12-9-10-15-26(24)22-34(30(32(38)33-2)20-25-13-5-3-6-14-25)31(37)23-35(27-16-11-17-28(21-27)36(39)40)43(41,42)29-18-7-4-8-19-29/h3-19,21,30H,20,22-23H2,1-2H3,(H,33,38). The smallest absolute Gasteiger partial charge is 0.271 e. The van der Waals surface area contributed by atoms with E-state index in [0.717, 1.165) is 27.1 Å². The topological polar surface area (TPSA) is 130 Å². The largest absolute Gasteiger partial charge is 0.357 e. The van der Waals surface area contributed by atoms with Gasteiger partial charge in [0, 0.05) is 32.1 Å². The van der Waals surface area contributed by atoms with Gasteiger partial charge in [0.1, 0.15) is 12.6 Å². The summed E-state index contributed by atoms with van der Waals surface area (Å²) in [4.78, 5) is 39.8. The highest BCUT2D eigenvalue weighted by Crippen LogP contribution is 2.28. The second kappa shape index (κ2) is 13.8. The normalized spacial score (nSPS) is 11.8. The summed E-state index contributed by atoms with van der Waals surface area (Å²) in [6, 6.07) is 28.3. The van der Waals surface area contributed by atoms with Crippen LogP contribution in [0.15, 0.2) is 114 Å². The molecule has 0 radical (unpaired) electrons. The molecule has 0 bridgehead atoms. The Morgan fingerprint density at radius 3 is 2.14 bits per heavy atom. The van der Waals surface area contributed by atoms with Crippen molar-refractivity contribution in [3.05, 3.63) is 136 Å². The second-order valence-corrected chi connectivity index (χ2v) is 11.7. The Kier molecular flexibility index (Phi) is 9.89. The molecule has 0 spiro atoms. The van der Waals surface area contributed by atoms with Crippen molar-refractivity contribution in [1.29, 1.82) is 0 Å². The molecular weight excluding hydrogens is 568 g/mol. The first kappa shape index (κ1) is 30.9. The Hall–Kier alpha value is -5.03. The number of nitro benzene ring substituents is 1. The van der Waals surface area contributed by atoms with Crippen molar-refractivity contribution in [3.63, 3.8) is 0 Å². The van der Waals surface area contributed by atoms with E-state index in [2.05, 4.69) is 5.32 Å². The molecule has 0 saturated carbocycles. The predicted octanol–water partition coefficient (Wildman–Crippen LogP) is 4.48. The zero-order chi connectivity index (χ0) is 31.0. The van der Waals surface area contributed by atoms with Gasteiger partial charge in [0.15, 0.2) is 0 Å². The van der Waals surface area contributed by atoms with Crippen LogP contribution in [0.25, 0.3) is 0 Å². The summed E-state index contributed by atoms with van der Waals surface area (Å²) in [5, 5.41) is 14.2. The molecule has 4 rings (SSSR count). The van der Waals surface area contributed by atoms with Gasteiger partial charge in [0.25, 0.3) is 15.7 Å². The van der Waals surface area contributed by atoms with E-state index in [-0.39, 0.29) is 29.2 Å². The molecule has 1 N–H and O–H groups in total. The molecule has 0 heterocycles. The van der Waals surface area contributed by atoms with Gasteiger partial charge in [-0.15, -0.1) is 0 Å². The number of hydrogen-bond acceptors (Lipinski definition) is 6. The molecule has 222 valence electrons. The van der Waals surface area contributed by atoms with Crippen molar-refractivity contribution in [1.82, 2.24) is 10.2 Å². The molecule has 0 aliphatic carbocycles. The van der Waals surface area contributed by atoms with Gasteiger partial charge >= 0.3 is 0 Å². The maximum Gasteiger partial charge on any atom is 0.271 e. The van der Waals surface area contributed by atoms with E-state index in [4.69, 9.17) is 0 Å². The minimum absolute atomic E-state index is 0.0323. The molecule has 2 amide bonds. The van der Waals surface area contributed by atoms with Crippen molar-refractivity contribution in [2.45, 2.75) is 30.8 Å². The van der Waals surface area contributed by atoms with E-state index in [1.807, 2.05) is 61.5 Å². The fraction of sp³-hybridized carbons (Fsp3) is 0.188. The Labute approximate surface area is 250 Å². The van der Waals surface area contributed by atoms with Crippen molar-refractivity contribution >= 4 is 33.2 Å². The van der Waals surface area contributed by atoms with Gasteiger partial charge < -0.3 is 10.2 Å². The lowest BCUT2D eigenvalue weighted by atomic mass is 10.0. The molecule has 1 unspecified atom stereocenters. The van der Waals surface area contributed by atoms with Gasteiger partial charge in [-0.05, 0) is 41.8 Å². The molecule has 0 saturated heterocycles. The summed E-state index contributed by atoms with van der Waals surface area (Å²) in [7, 11) is -2.88. The third-order valence-corrected chi connectivity index (χ3v) is 8.85. The van der Waals surface area contributed by atoms with E-state index in [0.29, 0.717) is 0 Å². The average molecular weight is 601 g/mol. The maximum absolute atomic E-state index is 14.3. The molecule has 0 fully saturated rings. The monoisotopic (exact) mass is 600 g/mol. The Morgan fingerprint density at radius 1 is 0.884 bits per heavy atom. The van der Waals surface area contributed by atoms with Crippen LogP contribution < -0.4 is 9.62 Å². The third kappa shape index (κ3) is 7.44. The second-order valence-electron chi connectivity index (χ2n) is 9.87. The molecule has 4 aromatic rings. The van der Waals surface area contributed by atoms with E-state index in [1.54, 1.807) is 18.2 Å². The zero-order valence-electron chi connectivity index (χ0n) is 23.8. The lowest BCUT2D eigenvalue weighted by molar-refractivity contribution is -0.384. The quantitative estimate of drug-likeness (QED) is 0.189. The first-order valence-corrected chi connectivity index (χ1v) is 15.0. The van der Waals surface area contributed by atoms with Gasteiger partial charge in [0.2, 0.25) is 11.8 Å². The average Bonchev–Trinajstić information content (AvgIpc) is 3.02. The van der Waals surface area contributed by atoms with Gasteiger partial charge in [-0.2, -0.15) is 0 Å². The van der Waals surface area contributed by atoms with E-state index in [1.165, 1.54) is 42.3 Å².